The Morgan fingerprint density at radius 2 is 1.07 bits per heavy atom. The number of ether oxygens (including phenoxy) is 4. The Bertz CT molecular complexity index is 812. The first-order valence-corrected chi connectivity index (χ1v) is 9.48. The van der Waals surface area contributed by atoms with Crippen molar-refractivity contribution < 1.29 is 28.5 Å². The molecule has 0 aromatic heterocycles. The highest BCUT2D eigenvalue weighted by atomic mass is 16.6. The summed E-state index contributed by atoms with van der Waals surface area (Å²) in [6, 6.07) is 3.80. The third kappa shape index (κ3) is 4.38. The van der Waals surface area contributed by atoms with E-state index in [0.717, 1.165) is 11.1 Å². The minimum absolute atomic E-state index is 0.224. The first-order valence-electron chi connectivity index (χ1n) is 9.48. The molecule has 0 aliphatic heterocycles. The highest BCUT2D eigenvalue weighted by molar-refractivity contribution is 6.02. The summed E-state index contributed by atoms with van der Waals surface area (Å²) in [4.78, 5) is 24.4. The molecule has 0 N–H and O–H groups in total. The summed E-state index contributed by atoms with van der Waals surface area (Å²) in [6.07, 6.45) is 1.90. The summed E-state index contributed by atoms with van der Waals surface area (Å²) in [6.45, 7) is 7.74. The van der Waals surface area contributed by atoms with Gasteiger partial charge in [0.1, 0.15) is 0 Å². The molecule has 0 aliphatic carbocycles. The fourth-order valence-corrected chi connectivity index (χ4v) is 2.95. The van der Waals surface area contributed by atoms with Gasteiger partial charge in [0.25, 0.3) is 0 Å². The molecule has 28 heavy (non-hydrogen) atoms. The van der Waals surface area contributed by atoms with Crippen LogP contribution in [0.25, 0.3) is 10.8 Å². The molecule has 0 fully saturated rings. The third-order valence-corrected chi connectivity index (χ3v) is 4.49. The van der Waals surface area contributed by atoms with Gasteiger partial charge in [-0.2, -0.15) is 0 Å². The molecule has 0 spiro atoms. The topological polar surface area (TPSA) is 71.1 Å². The van der Waals surface area contributed by atoms with Gasteiger partial charge in [0.2, 0.25) is 11.5 Å². The predicted molar refractivity (Wildman–Crippen MR) is 108 cm³/mol. The van der Waals surface area contributed by atoms with Crippen molar-refractivity contribution in [1.82, 2.24) is 0 Å². The molecular weight excluding hydrogens is 360 g/mol. The standard InChI is InChI=1S/C22H28O6/c1-7-9-17(23)27-19-15-11-13(3)14(4)12-16(15)20(28-18(24)10-8-2)22(26-6)21(19)25-5/h11-12H,7-10H2,1-6H3. The molecule has 2 rings (SSSR count). The van der Waals surface area contributed by atoms with Gasteiger partial charge < -0.3 is 18.9 Å². The molecule has 6 heteroatoms. The van der Waals surface area contributed by atoms with E-state index in [-0.39, 0.29) is 47.8 Å². The third-order valence-electron chi connectivity index (χ3n) is 4.49. The maximum absolute atomic E-state index is 12.2. The molecule has 2 aromatic carbocycles. The lowest BCUT2D eigenvalue weighted by molar-refractivity contribution is -0.135. The highest BCUT2D eigenvalue weighted by Gasteiger charge is 2.27. The first kappa shape index (κ1) is 21.5. The van der Waals surface area contributed by atoms with Crippen molar-refractivity contribution in [3.63, 3.8) is 0 Å². The van der Waals surface area contributed by atoms with Gasteiger partial charge in [-0.1, -0.05) is 13.8 Å². The maximum Gasteiger partial charge on any atom is 0.311 e. The minimum atomic E-state index is -0.363. The fraction of sp³-hybridized carbons (Fsp3) is 0.455. The van der Waals surface area contributed by atoms with E-state index >= 15 is 0 Å². The lowest BCUT2D eigenvalue weighted by Crippen LogP contribution is -2.12. The minimum Gasteiger partial charge on any atom is -0.490 e. The monoisotopic (exact) mass is 388 g/mol. The Labute approximate surface area is 165 Å². The van der Waals surface area contributed by atoms with Crippen LogP contribution in [0.2, 0.25) is 0 Å². The van der Waals surface area contributed by atoms with E-state index in [4.69, 9.17) is 18.9 Å². The van der Waals surface area contributed by atoms with Gasteiger partial charge in [-0.05, 0) is 49.9 Å². The van der Waals surface area contributed by atoms with Gasteiger partial charge in [-0.25, -0.2) is 0 Å². The van der Waals surface area contributed by atoms with Crippen LogP contribution >= 0.6 is 0 Å². The summed E-state index contributed by atoms with van der Waals surface area (Å²) in [5, 5.41) is 1.26. The fourth-order valence-electron chi connectivity index (χ4n) is 2.95. The first-order chi connectivity index (χ1) is 13.4. The van der Waals surface area contributed by atoms with Gasteiger partial charge in [-0.3, -0.25) is 9.59 Å². The van der Waals surface area contributed by atoms with Crippen molar-refractivity contribution in [1.29, 1.82) is 0 Å². The Kier molecular flexibility index (Phi) is 7.26. The normalized spacial score (nSPS) is 10.6. The number of fused-ring (bicyclic) bond motifs is 1. The van der Waals surface area contributed by atoms with Gasteiger partial charge in [0.05, 0.1) is 14.2 Å². The van der Waals surface area contributed by atoms with Gasteiger partial charge in [0, 0.05) is 23.6 Å². The van der Waals surface area contributed by atoms with Crippen LogP contribution in [0.15, 0.2) is 12.1 Å². The van der Waals surface area contributed by atoms with Gasteiger partial charge in [-0.15, -0.1) is 0 Å². The number of hydrogen-bond donors (Lipinski definition) is 0. The van der Waals surface area contributed by atoms with Crippen LogP contribution in [-0.4, -0.2) is 26.2 Å². The average molecular weight is 388 g/mol. The van der Waals surface area contributed by atoms with Crippen molar-refractivity contribution in [3.05, 3.63) is 23.3 Å². The van der Waals surface area contributed by atoms with Crippen LogP contribution in [0, 0.1) is 13.8 Å². The molecule has 0 saturated heterocycles. The Morgan fingerprint density at radius 1 is 0.714 bits per heavy atom. The van der Waals surface area contributed by atoms with E-state index in [1.807, 2.05) is 39.8 Å². The Hall–Kier alpha value is -2.76. The van der Waals surface area contributed by atoms with E-state index in [9.17, 15) is 9.59 Å². The average Bonchev–Trinajstić information content (AvgIpc) is 2.65. The highest BCUT2D eigenvalue weighted by Crippen LogP contribution is 2.51. The number of aryl methyl sites for hydroxylation is 2. The van der Waals surface area contributed by atoms with E-state index in [1.54, 1.807) is 0 Å². The van der Waals surface area contributed by atoms with E-state index in [0.29, 0.717) is 23.6 Å². The second kappa shape index (κ2) is 9.44. The van der Waals surface area contributed by atoms with Crippen molar-refractivity contribution in [3.8, 4) is 23.0 Å². The number of carbonyl (C=O) groups excluding carboxylic acids is 2. The van der Waals surface area contributed by atoms with Gasteiger partial charge >= 0.3 is 11.9 Å². The molecule has 0 atom stereocenters. The molecule has 0 radical (unpaired) electrons. The number of rotatable bonds is 8. The second-order valence-electron chi connectivity index (χ2n) is 6.65. The summed E-state index contributed by atoms with van der Waals surface area (Å²) in [5.74, 6) is 0.262. The number of carbonyl (C=O) groups is 2. The van der Waals surface area contributed by atoms with Gasteiger partial charge in [0.15, 0.2) is 11.5 Å². The quantitative estimate of drug-likeness (QED) is 0.474. The van der Waals surface area contributed by atoms with Crippen LogP contribution in [0.3, 0.4) is 0 Å². The molecule has 0 saturated carbocycles. The zero-order valence-corrected chi connectivity index (χ0v) is 17.4. The number of esters is 2. The molecule has 152 valence electrons. The van der Waals surface area contributed by atoms with Crippen molar-refractivity contribution in [2.24, 2.45) is 0 Å². The van der Waals surface area contributed by atoms with Crippen LogP contribution in [0.4, 0.5) is 0 Å². The zero-order chi connectivity index (χ0) is 20.8. The van der Waals surface area contributed by atoms with Crippen molar-refractivity contribution in [2.45, 2.75) is 53.4 Å². The maximum atomic E-state index is 12.2. The van der Waals surface area contributed by atoms with Crippen LogP contribution in [0.1, 0.15) is 50.7 Å². The van der Waals surface area contributed by atoms with E-state index in [1.165, 1.54) is 14.2 Å². The second-order valence-corrected chi connectivity index (χ2v) is 6.65. The molecule has 0 aliphatic rings. The largest absolute Gasteiger partial charge is 0.490 e. The van der Waals surface area contributed by atoms with Crippen molar-refractivity contribution in [2.75, 3.05) is 14.2 Å². The van der Waals surface area contributed by atoms with E-state index in [2.05, 4.69) is 0 Å². The number of benzene rings is 2. The SMILES string of the molecule is CCCC(=O)Oc1c(OC)c(OC)c(OC(=O)CCC)c2cc(C)c(C)cc12. The number of methoxy groups -OCH3 is 2. The predicted octanol–water partition coefficient (Wildman–Crippen LogP) is 4.88. The van der Waals surface area contributed by atoms with Crippen molar-refractivity contribution >= 4 is 22.7 Å². The summed E-state index contributed by atoms with van der Waals surface area (Å²) < 4.78 is 22.3. The lowest BCUT2D eigenvalue weighted by Gasteiger charge is -2.20. The Morgan fingerprint density at radius 3 is 1.36 bits per heavy atom. The molecule has 6 nitrogen and oxygen atoms in total. The van der Waals surface area contributed by atoms with Crippen LogP contribution in [-0.2, 0) is 9.59 Å². The zero-order valence-electron chi connectivity index (χ0n) is 17.4. The molecule has 0 heterocycles. The summed E-state index contributed by atoms with van der Waals surface area (Å²) in [7, 11) is 2.92. The molecule has 2 aromatic rings. The lowest BCUT2D eigenvalue weighted by atomic mass is 10.00. The number of hydrogen-bond acceptors (Lipinski definition) is 6. The Balaban J connectivity index is 2.82. The van der Waals surface area contributed by atoms with Crippen LogP contribution < -0.4 is 18.9 Å². The summed E-state index contributed by atoms with van der Waals surface area (Å²) >= 11 is 0. The molecule has 0 unspecified atom stereocenters. The molecule has 0 amide bonds. The molecule has 0 bridgehead atoms. The summed E-state index contributed by atoms with van der Waals surface area (Å²) in [5.41, 5.74) is 2.02. The van der Waals surface area contributed by atoms with Crippen LogP contribution in [0.5, 0.6) is 23.0 Å². The smallest absolute Gasteiger partial charge is 0.311 e. The van der Waals surface area contributed by atoms with E-state index < -0.39 is 0 Å². The molecular formula is C22H28O6.